The number of nitrogens with zero attached hydrogens (tertiary/aromatic N) is 1. The van der Waals surface area contributed by atoms with Crippen molar-refractivity contribution in [3.05, 3.63) is 12.2 Å². The van der Waals surface area contributed by atoms with E-state index in [1.807, 2.05) is 21.1 Å². The molecule has 0 aromatic carbocycles. The Morgan fingerprint density at radius 1 is 1.50 bits per heavy atom. The van der Waals surface area contributed by atoms with Crippen LogP contribution < -0.4 is 0 Å². The summed E-state index contributed by atoms with van der Waals surface area (Å²) in [6, 6.07) is 0. The number of carboxylic acids is 1. The van der Waals surface area contributed by atoms with E-state index in [0.29, 0.717) is 0 Å². The maximum absolute atomic E-state index is 9.99. The van der Waals surface area contributed by atoms with Crippen LogP contribution in [0.2, 0.25) is 0 Å². The van der Waals surface area contributed by atoms with Gasteiger partial charge < -0.3 is 9.59 Å². The number of likely N-dealkylation sites (N-methyl/N-ethyl adjacent to an activating group) is 1. The maximum atomic E-state index is 9.99. The molecule has 3 nitrogen and oxygen atoms in total. The molecule has 0 heterocycles. The van der Waals surface area contributed by atoms with E-state index in [4.69, 9.17) is 5.11 Å². The summed E-state index contributed by atoms with van der Waals surface area (Å²) in [4.78, 5) is 9.99. The van der Waals surface area contributed by atoms with Crippen molar-refractivity contribution in [1.29, 1.82) is 0 Å². The van der Waals surface area contributed by atoms with E-state index < -0.39 is 5.97 Å². The van der Waals surface area contributed by atoms with Gasteiger partial charge in [-0.1, -0.05) is 0 Å². The van der Waals surface area contributed by atoms with Gasteiger partial charge in [0.2, 0.25) is 0 Å². The van der Waals surface area contributed by atoms with Crippen LogP contribution in [-0.2, 0) is 4.79 Å². The smallest absolute Gasteiger partial charge is 0.328 e. The van der Waals surface area contributed by atoms with Crippen LogP contribution in [0.3, 0.4) is 0 Å². The first-order valence-corrected chi connectivity index (χ1v) is 3.12. The summed E-state index contributed by atoms with van der Waals surface area (Å²) < 4.78 is 0.754. The number of carboxylic acid groups (broad SMARTS) is 1. The van der Waals surface area contributed by atoms with Crippen LogP contribution in [-0.4, -0.2) is 43.2 Å². The summed E-state index contributed by atoms with van der Waals surface area (Å²) in [6.07, 6.45) is 2.83. The van der Waals surface area contributed by atoms with Gasteiger partial charge in [-0.05, 0) is 6.08 Å². The zero-order valence-corrected chi connectivity index (χ0v) is 6.66. The van der Waals surface area contributed by atoms with Crippen LogP contribution in [0, 0.1) is 0 Å². The lowest BCUT2D eigenvalue weighted by Crippen LogP contribution is -2.34. The Hall–Kier alpha value is -0.830. The second-order valence-corrected chi connectivity index (χ2v) is 3.21. The molecule has 10 heavy (non-hydrogen) atoms. The molecule has 3 heteroatoms. The topological polar surface area (TPSA) is 37.3 Å². The molecule has 0 aliphatic rings. The number of rotatable bonds is 3. The van der Waals surface area contributed by atoms with Crippen LogP contribution in [0.4, 0.5) is 0 Å². The number of aliphatic carboxylic acids is 1. The first kappa shape index (κ1) is 9.17. The van der Waals surface area contributed by atoms with Gasteiger partial charge in [-0.25, -0.2) is 4.79 Å². The van der Waals surface area contributed by atoms with Gasteiger partial charge in [0, 0.05) is 6.08 Å². The summed E-state index contributed by atoms with van der Waals surface area (Å²) in [5.41, 5.74) is 0. The Kier molecular flexibility index (Phi) is 3.09. The van der Waals surface area contributed by atoms with E-state index in [-0.39, 0.29) is 0 Å². The number of carbonyl (C=O) groups is 1. The SMILES string of the molecule is C[N+](C)(C)CC=CC(=O)O. The molecule has 0 atom stereocenters. The van der Waals surface area contributed by atoms with Crippen LogP contribution in [0.25, 0.3) is 0 Å². The molecule has 0 aliphatic heterocycles. The average Bonchev–Trinajstić information content (AvgIpc) is 1.59. The predicted octanol–water partition coefficient (Wildman–Crippen LogP) is 0.333. The zero-order chi connectivity index (χ0) is 8.20. The molecule has 0 aromatic rings. The van der Waals surface area contributed by atoms with Crippen molar-refractivity contribution in [2.45, 2.75) is 0 Å². The van der Waals surface area contributed by atoms with Crippen molar-refractivity contribution in [3.63, 3.8) is 0 Å². The first-order chi connectivity index (χ1) is 4.42. The van der Waals surface area contributed by atoms with Crippen molar-refractivity contribution in [3.8, 4) is 0 Å². The molecular formula is C7H14NO2+. The monoisotopic (exact) mass is 144 g/mol. The largest absolute Gasteiger partial charge is 0.478 e. The second kappa shape index (κ2) is 3.37. The van der Waals surface area contributed by atoms with Gasteiger partial charge >= 0.3 is 5.97 Å². The van der Waals surface area contributed by atoms with E-state index in [1.165, 1.54) is 6.08 Å². The number of quaternary nitrogens is 1. The molecular weight excluding hydrogens is 130 g/mol. The van der Waals surface area contributed by atoms with Gasteiger partial charge in [0.1, 0.15) is 0 Å². The molecule has 0 amide bonds. The number of hydrogen-bond acceptors (Lipinski definition) is 1. The fourth-order valence-electron chi connectivity index (χ4n) is 0.470. The lowest BCUT2D eigenvalue weighted by molar-refractivity contribution is -0.864. The third-order valence-corrected chi connectivity index (χ3v) is 0.914. The van der Waals surface area contributed by atoms with Crippen LogP contribution >= 0.6 is 0 Å². The predicted molar refractivity (Wildman–Crippen MR) is 39.7 cm³/mol. The quantitative estimate of drug-likeness (QED) is 0.458. The van der Waals surface area contributed by atoms with Crippen molar-refractivity contribution in [1.82, 2.24) is 0 Å². The molecule has 0 saturated carbocycles. The van der Waals surface area contributed by atoms with Gasteiger partial charge in [0.25, 0.3) is 0 Å². The molecule has 58 valence electrons. The van der Waals surface area contributed by atoms with Crippen molar-refractivity contribution in [2.75, 3.05) is 27.7 Å². The van der Waals surface area contributed by atoms with Gasteiger partial charge in [0.05, 0.1) is 27.7 Å². The fraction of sp³-hybridized carbons (Fsp3) is 0.571. The van der Waals surface area contributed by atoms with E-state index in [2.05, 4.69) is 0 Å². The van der Waals surface area contributed by atoms with Crippen LogP contribution in [0.1, 0.15) is 0 Å². The van der Waals surface area contributed by atoms with Crippen LogP contribution in [0.5, 0.6) is 0 Å². The highest BCUT2D eigenvalue weighted by Crippen LogP contribution is 1.89. The molecule has 0 saturated heterocycles. The Morgan fingerprint density at radius 3 is 2.30 bits per heavy atom. The highest BCUT2D eigenvalue weighted by molar-refractivity contribution is 5.79. The Labute approximate surface area is 61.2 Å². The van der Waals surface area contributed by atoms with Crippen molar-refractivity contribution in [2.24, 2.45) is 0 Å². The summed E-state index contributed by atoms with van der Waals surface area (Å²) in [6.45, 7) is 0.742. The summed E-state index contributed by atoms with van der Waals surface area (Å²) >= 11 is 0. The van der Waals surface area contributed by atoms with Gasteiger partial charge in [0.15, 0.2) is 0 Å². The van der Waals surface area contributed by atoms with Gasteiger partial charge in [-0.15, -0.1) is 0 Å². The number of hydrogen-bond donors (Lipinski definition) is 1. The minimum Gasteiger partial charge on any atom is -0.478 e. The molecule has 0 rings (SSSR count). The lowest BCUT2D eigenvalue weighted by atomic mass is 10.4. The van der Waals surface area contributed by atoms with E-state index in [9.17, 15) is 4.79 Å². The van der Waals surface area contributed by atoms with Gasteiger partial charge in [-0.2, -0.15) is 0 Å². The Morgan fingerprint density at radius 2 is 2.00 bits per heavy atom. The molecule has 0 unspecified atom stereocenters. The lowest BCUT2D eigenvalue weighted by Gasteiger charge is -2.21. The van der Waals surface area contributed by atoms with Gasteiger partial charge in [-0.3, -0.25) is 0 Å². The summed E-state index contributed by atoms with van der Waals surface area (Å²) in [7, 11) is 6.02. The maximum Gasteiger partial charge on any atom is 0.328 e. The third kappa shape index (κ3) is 7.17. The second-order valence-electron chi connectivity index (χ2n) is 3.21. The Bertz CT molecular complexity index is 144. The first-order valence-electron chi connectivity index (χ1n) is 3.12. The highest BCUT2D eigenvalue weighted by Gasteiger charge is 2.01. The molecule has 0 radical (unpaired) electrons. The van der Waals surface area contributed by atoms with Crippen molar-refractivity contribution >= 4 is 5.97 Å². The normalized spacial score (nSPS) is 12.3. The molecule has 0 fully saturated rings. The van der Waals surface area contributed by atoms with E-state index >= 15 is 0 Å². The molecule has 0 spiro atoms. The highest BCUT2D eigenvalue weighted by atomic mass is 16.4. The molecule has 0 aliphatic carbocycles. The minimum atomic E-state index is -0.881. The average molecular weight is 144 g/mol. The van der Waals surface area contributed by atoms with E-state index in [0.717, 1.165) is 11.0 Å². The standard InChI is InChI=1S/C7H13NO2/c1-8(2,3)6-4-5-7(9)10/h4-5H,6H2,1-3H3/p+1. The minimum absolute atomic E-state index is 0.742. The zero-order valence-electron chi connectivity index (χ0n) is 6.66. The van der Waals surface area contributed by atoms with Crippen LogP contribution in [0.15, 0.2) is 12.2 Å². The fourth-order valence-corrected chi connectivity index (χ4v) is 0.470. The Balaban J connectivity index is 3.64. The summed E-state index contributed by atoms with van der Waals surface area (Å²) in [5.74, 6) is -0.881. The van der Waals surface area contributed by atoms with Crippen molar-refractivity contribution < 1.29 is 14.4 Å². The summed E-state index contributed by atoms with van der Waals surface area (Å²) in [5, 5.41) is 8.22. The third-order valence-electron chi connectivity index (χ3n) is 0.914. The van der Waals surface area contributed by atoms with E-state index in [1.54, 1.807) is 6.08 Å². The molecule has 0 aromatic heterocycles. The molecule has 1 N–H and O–H groups in total. The molecule has 0 bridgehead atoms.